The van der Waals surface area contributed by atoms with Crippen molar-refractivity contribution in [2.45, 2.75) is 19.8 Å². The molecule has 0 aliphatic carbocycles. The number of benzene rings is 2. The highest BCUT2D eigenvalue weighted by atomic mass is 35.5. The minimum absolute atomic E-state index is 0.0416. The van der Waals surface area contributed by atoms with Crippen LogP contribution in [0.2, 0.25) is 5.02 Å². The number of carbonyl (C=O) groups is 2. The molecule has 3 aromatic rings. The molecular formula is C21H18ClNO4. The molecule has 0 aliphatic heterocycles. The number of halogens is 1. The van der Waals surface area contributed by atoms with Crippen molar-refractivity contribution in [3.05, 3.63) is 59.2 Å². The zero-order chi connectivity index (χ0) is 19.4. The van der Waals surface area contributed by atoms with E-state index < -0.39 is 11.8 Å². The summed E-state index contributed by atoms with van der Waals surface area (Å²) in [5.41, 5.74) is 2.42. The summed E-state index contributed by atoms with van der Waals surface area (Å²) < 4.78 is 4.82. The molecule has 0 atom stereocenters. The Bertz CT molecular complexity index is 999. The molecule has 138 valence electrons. The molecule has 1 N–H and O–H groups in total. The Morgan fingerprint density at radius 3 is 2.44 bits per heavy atom. The summed E-state index contributed by atoms with van der Waals surface area (Å²) in [6, 6.07) is 14.5. The summed E-state index contributed by atoms with van der Waals surface area (Å²) in [6.07, 6.45) is -0.113. The molecule has 0 amide bonds. The number of fused-ring (bicyclic) bond motifs is 1. The van der Waals surface area contributed by atoms with E-state index in [0.29, 0.717) is 15.9 Å². The van der Waals surface area contributed by atoms with Crippen LogP contribution in [-0.2, 0) is 9.53 Å². The van der Waals surface area contributed by atoms with Gasteiger partial charge in [0.15, 0.2) is 5.78 Å². The molecule has 0 fully saturated rings. The first-order chi connectivity index (χ1) is 13.0. The number of carbonyl (C=O) groups excluding carboxylic acids is 2. The average molecular weight is 384 g/mol. The highest BCUT2D eigenvalue weighted by Crippen LogP contribution is 2.28. The van der Waals surface area contributed by atoms with Crippen LogP contribution in [0.15, 0.2) is 48.5 Å². The van der Waals surface area contributed by atoms with Gasteiger partial charge in [-0.25, -0.2) is 4.98 Å². The molecule has 0 aliphatic rings. The summed E-state index contributed by atoms with van der Waals surface area (Å²) in [7, 11) is 0. The van der Waals surface area contributed by atoms with E-state index in [1.54, 1.807) is 19.1 Å². The maximum absolute atomic E-state index is 12.4. The molecule has 27 heavy (non-hydrogen) atoms. The Hall–Kier alpha value is -2.92. The van der Waals surface area contributed by atoms with Gasteiger partial charge in [0.25, 0.3) is 0 Å². The number of hydrogen-bond donors (Lipinski definition) is 1. The molecule has 2 aromatic carbocycles. The lowest BCUT2D eigenvalue weighted by molar-refractivity contribution is -0.143. The first kappa shape index (κ1) is 18.9. The van der Waals surface area contributed by atoms with E-state index in [2.05, 4.69) is 4.98 Å². The zero-order valence-corrected chi connectivity index (χ0v) is 15.5. The van der Waals surface area contributed by atoms with Gasteiger partial charge in [-0.3, -0.25) is 9.59 Å². The summed E-state index contributed by atoms with van der Waals surface area (Å²) in [6.45, 7) is 1.97. The van der Waals surface area contributed by atoms with Crippen LogP contribution in [-0.4, -0.2) is 28.4 Å². The number of aromatic hydroxyl groups is 1. The Morgan fingerprint density at radius 1 is 1.04 bits per heavy atom. The van der Waals surface area contributed by atoms with Crippen molar-refractivity contribution in [3.63, 3.8) is 0 Å². The molecule has 5 nitrogen and oxygen atoms in total. The van der Waals surface area contributed by atoms with Crippen LogP contribution >= 0.6 is 11.6 Å². The van der Waals surface area contributed by atoms with Gasteiger partial charge in [0, 0.05) is 16.8 Å². The van der Waals surface area contributed by atoms with Gasteiger partial charge in [0.05, 0.1) is 18.5 Å². The van der Waals surface area contributed by atoms with Crippen LogP contribution in [0.3, 0.4) is 0 Å². The largest absolute Gasteiger partial charge is 0.506 e. The lowest BCUT2D eigenvalue weighted by Gasteiger charge is -2.08. The second-order valence-corrected chi connectivity index (χ2v) is 6.44. The standard InChI is InChI=1S/C21H18ClNO4/c1-2-27-20(26)10-9-18(24)21-19(25)12-15-4-3-14(11-17(15)23-21)13-5-7-16(22)8-6-13/h3-8,11-12,25H,2,9-10H2,1H3. The second kappa shape index (κ2) is 8.18. The Labute approximate surface area is 161 Å². The van der Waals surface area contributed by atoms with E-state index in [4.69, 9.17) is 16.3 Å². The monoisotopic (exact) mass is 383 g/mol. The number of ketones is 1. The number of Topliss-reactive ketones (excluding diaryl/α,β-unsaturated/α-hetero) is 1. The van der Waals surface area contributed by atoms with E-state index in [1.165, 1.54) is 6.07 Å². The predicted octanol–water partition coefficient (Wildman–Crippen LogP) is 4.79. The second-order valence-electron chi connectivity index (χ2n) is 6.00. The van der Waals surface area contributed by atoms with Crippen molar-refractivity contribution in [1.29, 1.82) is 0 Å². The third-order valence-corrected chi connectivity index (χ3v) is 4.35. The maximum atomic E-state index is 12.4. The summed E-state index contributed by atoms with van der Waals surface area (Å²) in [4.78, 5) is 28.1. The number of aromatic nitrogens is 1. The minimum atomic E-state index is -0.448. The lowest BCUT2D eigenvalue weighted by atomic mass is 10.0. The van der Waals surface area contributed by atoms with Crippen LogP contribution in [0.4, 0.5) is 0 Å². The lowest BCUT2D eigenvalue weighted by Crippen LogP contribution is -2.09. The number of pyridine rings is 1. The fraction of sp³-hybridized carbons (Fsp3) is 0.190. The van der Waals surface area contributed by atoms with Gasteiger partial charge in [-0.1, -0.05) is 35.9 Å². The molecule has 1 aromatic heterocycles. The number of nitrogens with zero attached hydrogens (tertiary/aromatic N) is 1. The van der Waals surface area contributed by atoms with Crippen molar-refractivity contribution >= 4 is 34.3 Å². The van der Waals surface area contributed by atoms with Gasteiger partial charge in [-0.2, -0.15) is 0 Å². The van der Waals surface area contributed by atoms with Crippen LogP contribution in [0.25, 0.3) is 22.0 Å². The molecular weight excluding hydrogens is 366 g/mol. The highest BCUT2D eigenvalue weighted by Gasteiger charge is 2.16. The van der Waals surface area contributed by atoms with Gasteiger partial charge in [0.2, 0.25) is 0 Å². The van der Waals surface area contributed by atoms with E-state index in [9.17, 15) is 14.7 Å². The van der Waals surface area contributed by atoms with Crippen LogP contribution in [0.1, 0.15) is 30.3 Å². The fourth-order valence-electron chi connectivity index (χ4n) is 2.75. The van der Waals surface area contributed by atoms with Crippen LogP contribution < -0.4 is 0 Å². The minimum Gasteiger partial charge on any atom is -0.506 e. The molecule has 0 saturated carbocycles. The van der Waals surface area contributed by atoms with Crippen molar-refractivity contribution in [2.24, 2.45) is 0 Å². The van der Waals surface area contributed by atoms with Gasteiger partial charge in [-0.05, 0) is 42.3 Å². The Balaban J connectivity index is 1.90. The Morgan fingerprint density at radius 2 is 1.74 bits per heavy atom. The van der Waals surface area contributed by atoms with Crippen LogP contribution in [0, 0.1) is 0 Å². The van der Waals surface area contributed by atoms with Gasteiger partial charge >= 0.3 is 5.97 Å². The van der Waals surface area contributed by atoms with E-state index in [0.717, 1.165) is 11.1 Å². The number of rotatable bonds is 6. The van der Waals surface area contributed by atoms with Crippen molar-refractivity contribution in [1.82, 2.24) is 4.98 Å². The van der Waals surface area contributed by atoms with Gasteiger partial charge < -0.3 is 9.84 Å². The van der Waals surface area contributed by atoms with Gasteiger partial charge in [-0.15, -0.1) is 0 Å². The van der Waals surface area contributed by atoms with E-state index in [1.807, 2.05) is 30.3 Å². The zero-order valence-electron chi connectivity index (χ0n) is 14.7. The SMILES string of the molecule is CCOC(=O)CCC(=O)c1nc2cc(-c3ccc(Cl)cc3)ccc2cc1O. The number of hydrogen-bond acceptors (Lipinski definition) is 5. The highest BCUT2D eigenvalue weighted by molar-refractivity contribution is 6.30. The van der Waals surface area contributed by atoms with Crippen molar-refractivity contribution in [2.75, 3.05) is 6.61 Å². The molecule has 3 rings (SSSR count). The van der Waals surface area contributed by atoms with Crippen molar-refractivity contribution < 1.29 is 19.4 Å². The number of ether oxygens (including phenoxy) is 1. The summed E-state index contributed by atoms with van der Waals surface area (Å²) in [5, 5.41) is 11.5. The quantitative estimate of drug-likeness (QED) is 0.489. The first-order valence-electron chi connectivity index (χ1n) is 8.56. The first-order valence-corrected chi connectivity index (χ1v) is 8.94. The van der Waals surface area contributed by atoms with E-state index in [-0.39, 0.29) is 30.9 Å². The fourth-order valence-corrected chi connectivity index (χ4v) is 2.88. The summed E-state index contributed by atoms with van der Waals surface area (Å²) >= 11 is 5.93. The topological polar surface area (TPSA) is 76.5 Å². The number of esters is 1. The third kappa shape index (κ3) is 4.44. The smallest absolute Gasteiger partial charge is 0.306 e. The molecule has 0 unspecified atom stereocenters. The van der Waals surface area contributed by atoms with Crippen molar-refractivity contribution in [3.8, 4) is 16.9 Å². The molecule has 0 bridgehead atoms. The Kier molecular flexibility index (Phi) is 5.72. The molecule has 6 heteroatoms. The van der Waals surface area contributed by atoms with E-state index >= 15 is 0 Å². The maximum Gasteiger partial charge on any atom is 0.306 e. The third-order valence-electron chi connectivity index (χ3n) is 4.10. The van der Waals surface area contributed by atoms with Gasteiger partial charge in [0.1, 0.15) is 11.4 Å². The normalized spacial score (nSPS) is 10.7. The molecule has 1 heterocycles. The average Bonchev–Trinajstić information content (AvgIpc) is 2.66. The summed E-state index contributed by atoms with van der Waals surface area (Å²) in [5.74, 6) is -1.05. The molecule has 0 spiro atoms. The van der Waals surface area contributed by atoms with Crippen LogP contribution in [0.5, 0.6) is 5.75 Å². The molecule has 0 radical (unpaired) electrons. The predicted molar refractivity (Wildman–Crippen MR) is 104 cm³/mol. The molecule has 0 saturated heterocycles.